The average Bonchev–Trinajstić information content (AvgIpc) is 2.93. The number of aromatic amines is 1. The van der Waals surface area contributed by atoms with Gasteiger partial charge in [-0.3, -0.25) is 4.79 Å². The van der Waals surface area contributed by atoms with Crippen molar-refractivity contribution >= 4 is 40.1 Å². The molecule has 0 fully saturated rings. The van der Waals surface area contributed by atoms with E-state index >= 15 is 0 Å². The highest BCUT2D eigenvalue weighted by molar-refractivity contribution is 6.35. The fraction of sp³-hybridized carbons (Fsp3) is 0.176. The molecule has 4 nitrogen and oxygen atoms in total. The van der Waals surface area contributed by atoms with Crippen molar-refractivity contribution in [2.24, 2.45) is 0 Å². The van der Waals surface area contributed by atoms with Gasteiger partial charge in [0.25, 0.3) is 0 Å². The van der Waals surface area contributed by atoms with Crippen molar-refractivity contribution in [3.63, 3.8) is 0 Å². The van der Waals surface area contributed by atoms with Crippen molar-refractivity contribution in [2.75, 3.05) is 6.54 Å². The van der Waals surface area contributed by atoms with Crippen LogP contribution in [0.5, 0.6) is 0 Å². The molecule has 0 aliphatic carbocycles. The summed E-state index contributed by atoms with van der Waals surface area (Å²) in [6, 6.07) is 13.0. The molecule has 0 atom stereocenters. The van der Waals surface area contributed by atoms with Crippen LogP contribution >= 0.6 is 23.2 Å². The Morgan fingerprint density at radius 2 is 2.00 bits per heavy atom. The fourth-order valence-corrected chi connectivity index (χ4v) is 2.82. The van der Waals surface area contributed by atoms with E-state index in [1.807, 2.05) is 24.3 Å². The molecule has 3 aromatic rings. The molecule has 118 valence electrons. The lowest BCUT2D eigenvalue weighted by atomic mass is 10.1. The van der Waals surface area contributed by atoms with Crippen LogP contribution < -0.4 is 5.32 Å². The lowest BCUT2D eigenvalue weighted by Crippen LogP contribution is -2.27. The van der Waals surface area contributed by atoms with Crippen molar-refractivity contribution in [3.8, 4) is 0 Å². The minimum atomic E-state index is -0.0784. The Bertz CT molecular complexity index is 812. The summed E-state index contributed by atoms with van der Waals surface area (Å²) in [5, 5.41) is 3.94. The zero-order chi connectivity index (χ0) is 16.2. The van der Waals surface area contributed by atoms with E-state index < -0.39 is 0 Å². The van der Waals surface area contributed by atoms with Crippen LogP contribution in [0.25, 0.3) is 11.0 Å². The first-order valence-corrected chi connectivity index (χ1v) is 8.01. The zero-order valence-corrected chi connectivity index (χ0v) is 13.8. The average molecular weight is 348 g/mol. The Kier molecular flexibility index (Phi) is 4.84. The second kappa shape index (κ2) is 7.02. The summed E-state index contributed by atoms with van der Waals surface area (Å²) in [5.41, 5.74) is 2.70. The van der Waals surface area contributed by atoms with Gasteiger partial charge in [0.1, 0.15) is 5.82 Å². The molecular formula is C17H15Cl2N3O. The van der Waals surface area contributed by atoms with Crippen molar-refractivity contribution in [3.05, 3.63) is 63.9 Å². The number of hydrogen-bond donors (Lipinski definition) is 2. The molecule has 0 aliphatic heterocycles. The van der Waals surface area contributed by atoms with Gasteiger partial charge < -0.3 is 10.3 Å². The molecule has 6 heteroatoms. The van der Waals surface area contributed by atoms with Gasteiger partial charge in [0, 0.05) is 23.0 Å². The second-order valence-corrected chi connectivity index (χ2v) is 6.06. The van der Waals surface area contributed by atoms with Crippen LogP contribution in [0.1, 0.15) is 11.4 Å². The van der Waals surface area contributed by atoms with Crippen LogP contribution in [0, 0.1) is 0 Å². The molecule has 23 heavy (non-hydrogen) atoms. The molecule has 0 spiro atoms. The Morgan fingerprint density at radius 1 is 1.17 bits per heavy atom. The van der Waals surface area contributed by atoms with E-state index in [4.69, 9.17) is 23.2 Å². The summed E-state index contributed by atoms with van der Waals surface area (Å²) >= 11 is 11.9. The number of nitrogens with one attached hydrogen (secondary N) is 2. The third-order valence-corrected chi connectivity index (χ3v) is 4.08. The van der Waals surface area contributed by atoms with Crippen molar-refractivity contribution in [1.82, 2.24) is 15.3 Å². The highest BCUT2D eigenvalue weighted by atomic mass is 35.5. The van der Waals surface area contributed by atoms with Crippen molar-refractivity contribution < 1.29 is 4.79 Å². The summed E-state index contributed by atoms with van der Waals surface area (Å²) in [6.07, 6.45) is 0.880. The molecule has 0 aliphatic rings. The standard InChI is InChI=1S/C17H15Cl2N3O/c18-12-6-5-11(13(19)10-12)9-17(23)20-8-7-16-21-14-3-1-2-4-15(14)22-16/h1-6,10H,7-9H2,(H,20,23)(H,21,22). The lowest BCUT2D eigenvalue weighted by Gasteiger charge is -2.06. The first-order chi connectivity index (χ1) is 11.1. The van der Waals surface area contributed by atoms with Gasteiger partial charge in [0.15, 0.2) is 0 Å². The molecule has 0 bridgehead atoms. The molecule has 1 amide bonds. The zero-order valence-electron chi connectivity index (χ0n) is 12.3. The predicted octanol–water partition coefficient (Wildman–Crippen LogP) is 3.77. The maximum Gasteiger partial charge on any atom is 0.224 e. The predicted molar refractivity (Wildman–Crippen MR) is 93.0 cm³/mol. The number of H-pyrrole nitrogens is 1. The number of halogens is 2. The first kappa shape index (κ1) is 15.8. The number of fused-ring (bicyclic) bond motifs is 1. The molecule has 3 rings (SSSR count). The van der Waals surface area contributed by atoms with E-state index in [9.17, 15) is 4.79 Å². The van der Waals surface area contributed by atoms with Crippen molar-refractivity contribution in [1.29, 1.82) is 0 Å². The monoisotopic (exact) mass is 347 g/mol. The number of benzene rings is 2. The van der Waals surface area contributed by atoms with E-state index in [-0.39, 0.29) is 12.3 Å². The summed E-state index contributed by atoms with van der Waals surface area (Å²) in [5.74, 6) is 0.779. The van der Waals surface area contributed by atoms with Gasteiger partial charge in [0.2, 0.25) is 5.91 Å². The minimum absolute atomic E-state index is 0.0784. The Balaban J connectivity index is 1.52. The number of aromatic nitrogens is 2. The number of carbonyl (C=O) groups is 1. The van der Waals surface area contributed by atoms with E-state index in [0.29, 0.717) is 23.0 Å². The molecule has 2 N–H and O–H groups in total. The number of rotatable bonds is 5. The molecule has 0 saturated heterocycles. The molecule has 2 aromatic carbocycles. The number of para-hydroxylation sites is 2. The second-order valence-electron chi connectivity index (χ2n) is 5.21. The lowest BCUT2D eigenvalue weighted by molar-refractivity contribution is -0.120. The summed E-state index contributed by atoms with van der Waals surface area (Å²) in [7, 11) is 0. The maximum absolute atomic E-state index is 12.0. The van der Waals surface area contributed by atoms with Gasteiger partial charge in [-0.15, -0.1) is 0 Å². The number of imidazole rings is 1. The molecule has 0 saturated carbocycles. The van der Waals surface area contributed by atoms with Gasteiger partial charge in [-0.05, 0) is 29.8 Å². The van der Waals surface area contributed by atoms with Crippen LogP contribution in [0.15, 0.2) is 42.5 Å². The molecular weight excluding hydrogens is 333 g/mol. The van der Waals surface area contributed by atoms with E-state index in [1.54, 1.807) is 18.2 Å². The topological polar surface area (TPSA) is 57.8 Å². The van der Waals surface area contributed by atoms with Crippen LogP contribution in [0.2, 0.25) is 10.0 Å². The van der Waals surface area contributed by atoms with Gasteiger partial charge in [-0.1, -0.05) is 41.4 Å². The van der Waals surface area contributed by atoms with Crippen LogP contribution in [0.3, 0.4) is 0 Å². The highest BCUT2D eigenvalue weighted by Gasteiger charge is 2.08. The third kappa shape index (κ3) is 4.03. The van der Waals surface area contributed by atoms with Crippen LogP contribution in [0.4, 0.5) is 0 Å². The molecule has 0 radical (unpaired) electrons. The maximum atomic E-state index is 12.0. The summed E-state index contributed by atoms with van der Waals surface area (Å²) < 4.78 is 0. The van der Waals surface area contributed by atoms with Gasteiger partial charge in [-0.25, -0.2) is 4.98 Å². The number of amides is 1. The normalized spacial score (nSPS) is 10.9. The van der Waals surface area contributed by atoms with Crippen LogP contribution in [-0.4, -0.2) is 22.4 Å². The number of hydrogen-bond acceptors (Lipinski definition) is 2. The number of nitrogens with zero attached hydrogens (tertiary/aromatic N) is 1. The van der Waals surface area contributed by atoms with E-state index in [1.165, 1.54) is 0 Å². The Labute approximate surface area is 143 Å². The summed E-state index contributed by atoms with van der Waals surface area (Å²) in [4.78, 5) is 19.7. The number of carbonyl (C=O) groups excluding carboxylic acids is 1. The van der Waals surface area contributed by atoms with Gasteiger partial charge in [0.05, 0.1) is 17.5 Å². The minimum Gasteiger partial charge on any atom is -0.355 e. The highest BCUT2D eigenvalue weighted by Crippen LogP contribution is 2.21. The molecule has 1 heterocycles. The Morgan fingerprint density at radius 3 is 2.78 bits per heavy atom. The van der Waals surface area contributed by atoms with Gasteiger partial charge >= 0.3 is 0 Å². The van der Waals surface area contributed by atoms with Crippen LogP contribution in [-0.2, 0) is 17.6 Å². The fourth-order valence-electron chi connectivity index (χ4n) is 2.34. The smallest absolute Gasteiger partial charge is 0.224 e. The SMILES string of the molecule is O=C(Cc1ccc(Cl)cc1Cl)NCCc1nc2ccccc2[nH]1. The van der Waals surface area contributed by atoms with Gasteiger partial charge in [-0.2, -0.15) is 0 Å². The third-order valence-electron chi connectivity index (χ3n) is 3.49. The van der Waals surface area contributed by atoms with E-state index in [0.717, 1.165) is 22.4 Å². The quantitative estimate of drug-likeness (QED) is 0.737. The molecule has 0 unspecified atom stereocenters. The first-order valence-electron chi connectivity index (χ1n) is 7.26. The Hall–Kier alpha value is -2.04. The van der Waals surface area contributed by atoms with Crippen molar-refractivity contribution in [2.45, 2.75) is 12.8 Å². The largest absolute Gasteiger partial charge is 0.355 e. The van der Waals surface area contributed by atoms with E-state index in [2.05, 4.69) is 15.3 Å². The molecule has 1 aromatic heterocycles. The summed E-state index contributed by atoms with van der Waals surface area (Å²) in [6.45, 7) is 0.518.